The van der Waals surface area contributed by atoms with Gasteiger partial charge in [0.05, 0.1) is 12.2 Å². The molecule has 2 nitrogen and oxygen atoms in total. The van der Waals surface area contributed by atoms with Gasteiger partial charge in [-0.1, -0.05) is 56.5 Å². The summed E-state index contributed by atoms with van der Waals surface area (Å²) in [5, 5.41) is 9.99. The molecule has 0 aromatic heterocycles. The topological polar surface area (TPSA) is 33.0 Å². The molecule has 0 aliphatic carbocycles. The number of halogens is 3. The molecule has 5 heteroatoms. The number of nitrogens with zero attached hydrogens (tertiary/aromatic N) is 1. The minimum atomic E-state index is -0.569. The number of rotatable bonds is 10. The highest BCUT2D eigenvalue weighted by molar-refractivity contribution is 5.88. The predicted molar refractivity (Wildman–Crippen MR) is 137 cm³/mol. The Balaban J connectivity index is 1.48. The number of benzene rings is 4. The van der Waals surface area contributed by atoms with E-state index < -0.39 is 5.82 Å². The van der Waals surface area contributed by atoms with Gasteiger partial charge in [0.15, 0.2) is 0 Å². The Kier molecular flexibility index (Phi) is 8.28. The van der Waals surface area contributed by atoms with Crippen molar-refractivity contribution in [3.05, 3.63) is 101 Å². The fraction of sp³-hybridized carbons (Fsp3) is 0.258. The van der Waals surface area contributed by atoms with Gasteiger partial charge in [-0.2, -0.15) is 5.26 Å². The number of nitriles is 1. The van der Waals surface area contributed by atoms with Gasteiger partial charge in [0, 0.05) is 17.0 Å². The summed E-state index contributed by atoms with van der Waals surface area (Å²) in [6, 6.07) is 19.8. The fourth-order valence-corrected chi connectivity index (χ4v) is 4.32. The van der Waals surface area contributed by atoms with Crippen molar-refractivity contribution in [1.82, 2.24) is 0 Å². The zero-order chi connectivity index (χ0) is 25.5. The third kappa shape index (κ3) is 5.88. The number of fused-ring (bicyclic) bond motifs is 1. The Hall–Kier alpha value is -3.78. The summed E-state index contributed by atoms with van der Waals surface area (Å²) in [6.45, 7) is 2.72. The lowest BCUT2D eigenvalue weighted by Crippen LogP contribution is -1.98. The van der Waals surface area contributed by atoms with Crippen molar-refractivity contribution >= 4 is 10.8 Å². The second-order valence-corrected chi connectivity index (χ2v) is 8.95. The number of hydrogen-bond acceptors (Lipinski definition) is 2. The smallest absolute Gasteiger partial charge is 0.141 e. The van der Waals surface area contributed by atoms with Gasteiger partial charge < -0.3 is 4.74 Å². The molecule has 0 saturated carbocycles. The van der Waals surface area contributed by atoms with E-state index in [2.05, 4.69) is 6.92 Å². The molecule has 0 bridgehead atoms. The lowest BCUT2D eigenvalue weighted by molar-refractivity contribution is 0.303. The summed E-state index contributed by atoms with van der Waals surface area (Å²) in [6.07, 6.45) is 5.20. The molecule has 0 unspecified atom stereocenters. The third-order valence-corrected chi connectivity index (χ3v) is 6.39. The van der Waals surface area contributed by atoms with E-state index in [1.807, 2.05) is 6.07 Å². The summed E-state index contributed by atoms with van der Waals surface area (Å²) < 4.78 is 49.6. The van der Waals surface area contributed by atoms with Gasteiger partial charge in [0.25, 0.3) is 0 Å². The molecule has 4 aromatic carbocycles. The molecule has 0 amide bonds. The standard InChI is InChI=1S/C31H28F3NO/c1-2-3-4-5-16-36-26-13-15-27(30(33)19-26)23-12-14-28-24(18-23)11-10-22(31(28)34)8-6-21-7-9-25(20-35)29(32)17-21/h7,9-15,17-19H,2-6,8,16H2,1H3. The highest BCUT2D eigenvalue weighted by Gasteiger charge is 2.12. The van der Waals surface area contributed by atoms with E-state index in [0.717, 1.165) is 25.7 Å². The zero-order valence-electron chi connectivity index (χ0n) is 20.3. The van der Waals surface area contributed by atoms with Crippen LogP contribution in [0.2, 0.25) is 0 Å². The quantitative estimate of drug-likeness (QED) is 0.210. The molecule has 36 heavy (non-hydrogen) atoms. The maximum atomic E-state index is 15.2. The van der Waals surface area contributed by atoms with Crippen molar-refractivity contribution < 1.29 is 17.9 Å². The average Bonchev–Trinajstić information content (AvgIpc) is 2.88. The van der Waals surface area contributed by atoms with Crippen molar-refractivity contribution in [2.24, 2.45) is 0 Å². The summed E-state index contributed by atoms with van der Waals surface area (Å²) in [7, 11) is 0. The molecule has 0 aliphatic heterocycles. The van der Waals surface area contributed by atoms with Crippen LogP contribution >= 0.6 is 0 Å². The Bertz CT molecular complexity index is 1410. The first-order valence-electron chi connectivity index (χ1n) is 12.3. The van der Waals surface area contributed by atoms with Gasteiger partial charge in [-0.25, -0.2) is 13.2 Å². The molecule has 0 radical (unpaired) electrons. The van der Waals surface area contributed by atoms with Crippen molar-refractivity contribution in [1.29, 1.82) is 5.26 Å². The van der Waals surface area contributed by atoms with Crippen LogP contribution in [0.5, 0.6) is 5.75 Å². The number of unbranched alkanes of at least 4 members (excludes halogenated alkanes) is 3. The van der Waals surface area contributed by atoms with Crippen LogP contribution in [0.1, 0.15) is 49.3 Å². The van der Waals surface area contributed by atoms with E-state index in [-0.39, 0.29) is 17.2 Å². The first-order valence-corrected chi connectivity index (χ1v) is 12.3. The minimum absolute atomic E-state index is 0.00699. The number of hydrogen-bond donors (Lipinski definition) is 0. The van der Waals surface area contributed by atoms with Crippen molar-refractivity contribution in [3.63, 3.8) is 0 Å². The third-order valence-electron chi connectivity index (χ3n) is 6.39. The molecule has 0 saturated heterocycles. The molecule has 0 heterocycles. The molecule has 0 N–H and O–H groups in total. The minimum Gasteiger partial charge on any atom is -0.493 e. The van der Waals surface area contributed by atoms with Gasteiger partial charge in [-0.3, -0.25) is 0 Å². The van der Waals surface area contributed by atoms with Crippen molar-refractivity contribution in [3.8, 4) is 22.9 Å². The van der Waals surface area contributed by atoms with Crippen LogP contribution in [-0.2, 0) is 12.8 Å². The number of ether oxygens (including phenoxy) is 1. The molecule has 0 fully saturated rings. The lowest BCUT2D eigenvalue weighted by atomic mass is 9.96. The summed E-state index contributed by atoms with van der Waals surface area (Å²) in [4.78, 5) is 0. The van der Waals surface area contributed by atoms with Gasteiger partial charge in [0.1, 0.15) is 29.3 Å². The second kappa shape index (κ2) is 11.8. The molecule has 0 aliphatic rings. The molecular formula is C31H28F3NO. The summed E-state index contributed by atoms with van der Waals surface area (Å²) in [5.74, 6) is -0.778. The zero-order valence-corrected chi connectivity index (χ0v) is 20.3. The monoisotopic (exact) mass is 487 g/mol. The van der Waals surface area contributed by atoms with Crippen LogP contribution in [0.4, 0.5) is 13.2 Å². The van der Waals surface area contributed by atoms with Crippen molar-refractivity contribution in [2.45, 2.75) is 45.4 Å². The first-order chi connectivity index (χ1) is 17.5. The van der Waals surface area contributed by atoms with E-state index in [1.54, 1.807) is 48.5 Å². The Morgan fingerprint density at radius 1 is 0.806 bits per heavy atom. The largest absolute Gasteiger partial charge is 0.493 e. The van der Waals surface area contributed by atoms with Crippen LogP contribution in [-0.4, -0.2) is 6.61 Å². The maximum absolute atomic E-state index is 15.2. The van der Waals surface area contributed by atoms with E-state index in [4.69, 9.17) is 10.00 Å². The summed E-state index contributed by atoms with van der Waals surface area (Å²) >= 11 is 0. The van der Waals surface area contributed by atoms with Crippen LogP contribution in [0.15, 0.2) is 66.7 Å². The van der Waals surface area contributed by atoms with Gasteiger partial charge in [-0.05, 0) is 71.7 Å². The van der Waals surface area contributed by atoms with Gasteiger partial charge >= 0.3 is 0 Å². The van der Waals surface area contributed by atoms with E-state index in [1.165, 1.54) is 18.2 Å². The first kappa shape index (κ1) is 25.3. The Morgan fingerprint density at radius 2 is 1.67 bits per heavy atom. The lowest BCUT2D eigenvalue weighted by Gasteiger charge is -2.11. The molecule has 4 rings (SSSR count). The fourth-order valence-electron chi connectivity index (χ4n) is 4.32. The highest BCUT2D eigenvalue weighted by atomic mass is 19.1. The number of aryl methyl sites for hydroxylation is 2. The van der Waals surface area contributed by atoms with Crippen LogP contribution < -0.4 is 4.74 Å². The Labute approximate surface area is 210 Å². The van der Waals surface area contributed by atoms with E-state index in [9.17, 15) is 8.78 Å². The molecule has 0 spiro atoms. The molecular weight excluding hydrogens is 459 g/mol. The normalized spacial score (nSPS) is 11.0. The second-order valence-electron chi connectivity index (χ2n) is 8.95. The van der Waals surface area contributed by atoms with Crippen LogP contribution in [0.3, 0.4) is 0 Å². The van der Waals surface area contributed by atoms with Gasteiger partial charge in [-0.15, -0.1) is 0 Å². The molecule has 4 aromatic rings. The average molecular weight is 488 g/mol. The Morgan fingerprint density at radius 3 is 2.42 bits per heavy atom. The molecule has 184 valence electrons. The van der Waals surface area contributed by atoms with Crippen LogP contribution in [0, 0.1) is 28.8 Å². The van der Waals surface area contributed by atoms with E-state index >= 15 is 4.39 Å². The predicted octanol–water partition coefficient (Wildman–Crippen LogP) is 8.54. The maximum Gasteiger partial charge on any atom is 0.141 e. The van der Waals surface area contributed by atoms with Gasteiger partial charge in [0.2, 0.25) is 0 Å². The highest BCUT2D eigenvalue weighted by Crippen LogP contribution is 2.31. The SMILES string of the molecule is CCCCCCOc1ccc(-c2ccc3c(F)c(CCc4ccc(C#N)c(F)c4)ccc3c2)c(F)c1. The summed E-state index contributed by atoms with van der Waals surface area (Å²) in [5.41, 5.74) is 2.31. The van der Waals surface area contributed by atoms with E-state index in [0.29, 0.717) is 58.2 Å². The van der Waals surface area contributed by atoms with Crippen molar-refractivity contribution in [2.75, 3.05) is 6.61 Å². The van der Waals surface area contributed by atoms with Crippen LogP contribution in [0.25, 0.3) is 21.9 Å². The molecule has 0 atom stereocenters.